The van der Waals surface area contributed by atoms with Crippen molar-refractivity contribution in [3.8, 4) is 0 Å². The van der Waals surface area contributed by atoms with Gasteiger partial charge in [0.15, 0.2) is 0 Å². The molecule has 0 bridgehead atoms. The smallest absolute Gasteiger partial charge is 0.273 e. The van der Waals surface area contributed by atoms with Crippen molar-refractivity contribution in [3.63, 3.8) is 0 Å². The Morgan fingerprint density at radius 1 is 1.43 bits per heavy atom. The number of nitrogens with one attached hydrogen (secondary N) is 1. The summed E-state index contributed by atoms with van der Waals surface area (Å²) in [5, 5.41) is 19.2. The number of anilines is 1. The van der Waals surface area contributed by atoms with Crippen LogP contribution in [0.1, 0.15) is 35.6 Å². The molecule has 110 valence electrons. The van der Waals surface area contributed by atoms with Crippen LogP contribution in [0.25, 0.3) is 0 Å². The van der Waals surface area contributed by atoms with Crippen LogP contribution < -0.4 is 5.32 Å². The van der Waals surface area contributed by atoms with E-state index < -0.39 is 0 Å². The van der Waals surface area contributed by atoms with E-state index in [2.05, 4.69) is 15.6 Å². The van der Waals surface area contributed by atoms with Crippen LogP contribution in [0.2, 0.25) is 0 Å². The van der Waals surface area contributed by atoms with Crippen molar-refractivity contribution in [2.45, 2.75) is 20.3 Å². The Kier molecular flexibility index (Phi) is 4.37. The van der Waals surface area contributed by atoms with Gasteiger partial charge in [-0.1, -0.05) is 30.3 Å². The zero-order chi connectivity index (χ0) is 15.4. The van der Waals surface area contributed by atoms with Gasteiger partial charge in [0.25, 0.3) is 5.91 Å². The highest BCUT2D eigenvalue weighted by atomic mass is 16.4. The van der Waals surface area contributed by atoms with Crippen molar-refractivity contribution in [3.05, 3.63) is 47.3 Å². The number of para-hydroxylation sites is 1. The number of carbonyl (C=O) groups is 1. The molecule has 6 heteroatoms. The Morgan fingerprint density at radius 3 is 2.76 bits per heavy atom. The second-order valence-corrected chi connectivity index (χ2v) is 4.68. The average molecular weight is 286 g/mol. The Balaban J connectivity index is 2.30. The number of aromatic nitrogens is 2. The Hall–Kier alpha value is -2.63. The maximum absolute atomic E-state index is 12.4. The molecular weight excluding hydrogens is 268 g/mol. The number of hydrogen-bond donors (Lipinski definition) is 2. The van der Waals surface area contributed by atoms with E-state index in [0.29, 0.717) is 22.7 Å². The third kappa shape index (κ3) is 3.10. The van der Waals surface area contributed by atoms with Crippen molar-refractivity contribution in [1.82, 2.24) is 9.78 Å². The molecule has 1 aromatic heterocycles. The highest BCUT2D eigenvalue weighted by Gasteiger charge is 2.15. The Bertz CT molecular complexity index is 689. The fraction of sp³-hybridized carbons (Fsp3) is 0.267. The number of nitrogens with zero attached hydrogens (tertiary/aromatic N) is 3. The molecule has 1 heterocycles. The third-order valence-electron chi connectivity index (χ3n) is 3.24. The first kappa shape index (κ1) is 14.8. The van der Waals surface area contributed by atoms with Crippen molar-refractivity contribution < 1.29 is 10.0 Å². The Labute approximate surface area is 123 Å². The monoisotopic (exact) mass is 286 g/mol. The van der Waals surface area contributed by atoms with Crippen LogP contribution in [-0.2, 0) is 13.5 Å². The summed E-state index contributed by atoms with van der Waals surface area (Å²) in [6, 6.07) is 8.94. The molecule has 0 saturated carbocycles. The molecule has 0 unspecified atom stereocenters. The minimum absolute atomic E-state index is 0.247. The molecule has 1 aromatic carbocycles. The van der Waals surface area contributed by atoms with E-state index in [1.165, 1.54) is 0 Å². The maximum Gasteiger partial charge on any atom is 0.273 e. The van der Waals surface area contributed by atoms with Gasteiger partial charge in [-0.25, -0.2) is 0 Å². The molecule has 0 spiro atoms. The fourth-order valence-electron chi connectivity index (χ4n) is 2.06. The van der Waals surface area contributed by atoms with Gasteiger partial charge in [0, 0.05) is 12.6 Å². The second kappa shape index (κ2) is 6.21. The minimum Gasteiger partial charge on any atom is -0.411 e. The molecule has 1 amide bonds. The lowest BCUT2D eigenvalue weighted by molar-refractivity contribution is 0.101. The number of oxime groups is 1. The van der Waals surface area contributed by atoms with E-state index in [9.17, 15) is 4.79 Å². The number of hydrogen-bond acceptors (Lipinski definition) is 4. The standard InChI is InChI=1S/C15H18N4O2/c1-4-11-9-14(19(3)17-11)15(20)16-13-8-6-5-7-12(13)10(2)18-21/h5-9,21H,4H2,1-3H3,(H,16,20). The summed E-state index contributed by atoms with van der Waals surface area (Å²) in [6.45, 7) is 3.66. The highest BCUT2D eigenvalue weighted by molar-refractivity contribution is 6.09. The quantitative estimate of drug-likeness (QED) is 0.514. The van der Waals surface area contributed by atoms with E-state index in [1.54, 1.807) is 36.9 Å². The van der Waals surface area contributed by atoms with Gasteiger partial charge < -0.3 is 10.5 Å². The fourth-order valence-corrected chi connectivity index (χ4v) is 2.06. The molecule has 2 aromatic rings. The van der Waals surface area contributed by atoms with Crippen LogP contribution in [0.15, 0.2) is 35.5 Å². The maximum atomic E-state index is 12.4. The first-order valence-corrected chi connectivity index (χ1v) is 6.69. The van der Waals surface area contributed by atoms with Gasteiger partial charge in [-0.15, -0.1) is 0 Å². The molecule has 6 nitrogen and oxygen atoms in total. The molecule has 2 N–H and O–H groups in total. The Morgan fingerprint density at radius 2 is 2.14 bits per heavy atom. The molecule has 0 saturated heterocycles. The van der Waals surface area contributed by atoms with E-state index in [0.717, 1.165) is 12.1 Å². The van der Waals surface area contributed by atoms with Crippen LogP contribution in [-0.4, -0.2) is 26.6 Å². The van der Waals surface area contributed by atoms with Crippen LogP contribution in [0, 0.1) is 0 Å². The molecule has 21 heavy (non-hydrogen) atoms. The summed E-state index contributed by atoms with van der Waals surface area (Å²) in [5.74, 6) is -0.247. The predicted octanol–water partition coefficient (Wildman–Crippen LogP) is 2.43. The van der Waals surface area contributed by atoms with Crippen LogP contribution >= 0.6 is 0 Å². The van der Waals surface area contributed by atoms with Gasteiger partial charge in [-0.3, -0.25) is 9.48 Å². The van der Waals surface area contributed by atoms with Gasteiger partial charge in [0.2, 0.25) is 0 Å². The zero-order valence-electron chi connectivity index (χ0n) is 12.3. The number of benzene rings is 1. The van der Waals surface area contributed by atoms with E-state index in [1.807, 2.05) is 19.1 Å². The summed E-state index contributed by atoms with van der Waals surface area (Å²) in [7, 11) is 1.74. The summed E-state index contributed by atoms with van der Waals surface area (Å²) < 4.78 is 1.56. The SMILES string of the molecule is CCc1cc(C(=O)Nc2ccccc2C(C)=NO)n(C)n1. The van der Waals surface area contributed by atoms with Gasteiger partial charge in [0.1, 0.15) is 5.69 Å². The average Bonchev–Trinajstić information content (AvgIpc) is 2.88. The van der Waals surface area contributed by atoms with Crippen molar-refractivity contribution in [2.75, 3.05) is 5.32 Å². The number of rotatable bonds is 4. The number of amides is 1. The first-order chi connectivity index (χ1) is 10.1. The molecule has 0 fully saturated rings. The molecule has 0 aliphatic carbocycles. The van der Waals surface area contributed by atoms with Gasteiger partial charge in [0.05, 0.1) is 17.1 Å². The van der Waals surface area contributed by atoms with E-state index >= 15 is 0 Å². The highest BCUT2D eigenvalue weighted by Crippen LogP contribution is 2.17. The normalized spacial score (nSPS) is 11.5. The molecule has 0 aliphatic rings. The molecule has 0 aliphatic heterocycles. The van der Waals surface area contributed by atoms with Crippen molar-refractivity contribution >= 4 is 17.3 Å². The second-order valence-electron chi connectivity index (χ2n) is 4.68. The molecule has 2 rings (SSSR count). The third-order valence-corrected chi connectivity index (χ3v) is 3.24. The van der Waals surface area contributed by atoms with Crippen molar-refractivity contribution in [2.24, 2.45) is 12.2 Å². The summed E-state index contributed by atoms with van der Waals surface area (Å²) in [4.78, 5) is 12.4. The van der Waals surface area contributed by atoms with Gasteiger partial charge in [-0.2, -0.15) is 5.10 Å². The van der Waals surface area contributed by atoms with Crippen LogP contribution in [0.4, 0.5) is 5.69 Å². The molecular formula is C15H18N4O2. The lowest BCUT2D eigenvalue weighted by atomic mass is 10.1. The first-order valence-electron chi connectivity index (χ1n) is 6.69. The summed E-state index contributed by atoms with van der Waals surface area (Å²) >= 11 is 0. The lowest BCUT2D eigenvalue weighted by Crippen LogP contribution is -2.17. The van der Waals surface area contributed by atoms with Crippen LogP contribution in [0.5, 0.6) is 0 Å². The molecule has 0 radical (unpaired) electrons. The van der Waals surface area contributed by atoms with E-state index in [4.69, 9.17) is 5.21 Å². The lowest BCUT2D eigenvalue weighted by Gasteiger charge is -2.10. The van der Waals surface area contributed by atoms with E-state index in [-0.39, 0.29) is 5.91 Å². The number of carbonyl (C=O) groups excluding carboxylic acids is 1. The van der Waals surface area contributed by atoms with Crippen molar-refractivity contribution in [1.29, 1.82) is 0 Å². The van der Waals surface area contributed by atoms with Gasteiger partial charge in [-0.05, 0) is 25.5 Å². The number of aryl methyl sites for hydroxylation is 2. The minimum atomic E-state index is -0.247. The zero-order valence-corrected chi connectivity index (χ0v) is 12.3. The summed E-state index contributed by atoms with van der Waals surface area (Å²) in [5.41, 5.74) is 3.05. The molecule has 0 atom stereocenters. The summed E-state index contributed by atoms with van der Waals surface area (Å²) in [6.07, 6.45) is 0.772. The predicted molar refractivity (Wildman–Crippen MR) is 81.0 cm³/mol. The largest absolute Gasteiger partial charge is 0.411 e. The van der Waals surface area contributed by atoms with Gasteiger partial charge >= 0.3 is 0 Å². The van der Waals surface area contributed by atoms with Crippen LogP contribution in [0.3, 0.4) is 0 Å². The topological polar surface area (TPSA) is 79.5 Å².